The van der Waals surface area contributed by atoms with Crippen molar-refractivity contribution in [3.05, 3.63) is 259 Å². The molecule has 0 unspecified atom stereocenters. The molecular formula is C72H67BN4. The van der Waals surface area contributed by atoms with Crippen LogP contribution in [-0.2, 0) is 16.2 Å². The maximum atomic E-state index is 2.59. The molecule has 10 aromatic rings. The second kappa shape index (κ2) is 19.2. The molecule has 0 N–H and O–H groups in total. The summed E-state index contributed by atoms with van der Waals surface area (Å²) in [7, 11) is 0. The lowest BCUT2D eigenvalue weighted by Gasteiger charge is -2.45. The Morgan fingerprint density at radius 1 is 0.299 bits per heavy atom. The molecule has 0 spiro atoms. The SMILES string of the molecule is CC(C)(C)c1ccc(-c2cc(C(C)(C)C)ccc2N2c3cc(N(c4ccccc4)c4ccccc4)ccc3B3c4ccc(N(c5ccccc5)c5ccccc5)cc4N(c4ccc(C(C)(C)C)cc4)c4cccc2c43)cc1. The number of hydrogen-bond donors (Lipinski definition) is 0. The van der Waals surface area contributed by atoms with Crippen LogP contribution in [0.4, 0.5) is 68.2 Å². The molecule has 378 valence electrons. The van der Waals surface area contributed by atoms with Gasteiger partial charge in [0.2, 0.25) is 0 Å². The second-order valence-electron chi connectivity index (χ2n) is 23.9. The van der Waals surface area contributed by atoms with E-state index in [0.29, 0.717) is 0 Å². The number of rotatable bonds is 9. The first-order valence-electron chi connectivity index (χ1n) is 27.3. The Kier molecular flexibility index (Phi) is 12.3. The molecular weight excluding hydrogens is 932 g/mol. The molecule has 2 heterocycles. The average Bonchev–Trinajstić information content (AvgIpc) is 3.62. The molecule has 0 amide bonds. The van der Waals surface area contributed by atoms with E-state index in [1.165, 1.54) is 55.6 Å². The number of fused-ring (bicyclic) bond motifs is 4. The summed E-state index contributed by atoms with van der Waals surface area (Å²) in [6.45, 7) is 20.6. The van der Waals surface area contributed by atoms with E-state index in [1.807, 2.05) is 0 Å². The number of nitrogens with zero attached hydrogens (tertiary/aromatic N) is 4. The third kappa shape index (κ3) is 9.08. The van der Waals surface area contributed by atoms with Crippen molar-refractivity contribution in [1.29, 1.82) is 0 Å². The van der Waals surface area contributed by atoms with Crippen molar-refractivity contribution in [2.24, 2.45) is 0 Å². The van der Waals surface area contributed by atoms with Crippen LogP contribution in [0.25, 0.3) is 11.1 Å². The van der Waals surface area contributed by atoms with E-state index in [4.69, 9.17) is 0 Å². The number of benzene rings is 10. The highest BCUT2D eigenvalue weighted by atomic mass is 15.2. The number of hydrogen-bond acceptors (Lipinski definition) is 4. The van der Waals surface area contributed by atoms with E-state index in [-0.39, 0.29) is 23.0 Å². The molecule has 0 atom stereocenters. The van der Waals surface area contributed by atoms with E-state index in [1.54, 1.807) is 0 Å². The molecule has 0 fully saturated rings. The van der Waals surface area contributed by atoms with Gasteiger partial charge in [-0.2, -0.15) is 0 Å². The first kappa shape index (κ1) is 49.3. The van der Waals surface area contributed by atoms with Crippen LogP contribution >= 0.6 is 0 Å². The van der Waals surface area contributed by atoms with E-state index in [0.717, 1.165) is 56.9 Å². The van der Waals surface area contributed by atoms with Gasteiger partial charge >= 0.3 is 0 Å². The van der Waals surface area contributed by atoms with Crippen LogP contribution in [-0.4, -0.2) is 6.71 Å². The fraction of sp³-hybridized carbons (Fsp3) is 0.167. The highest BCUT2D eigenvalue weighted by molar-refractivity contribution is 7.00. The van der Waals surface area contributed by atoms with Gasteiger partial charge in [0.15, 0.2) is 0 Å². The minimum absolute atomic E-state index is 0.00135. The monoisotopic (exact) mass is 999 g/mol. The maximum Gasteiger partial charge on any atom is 0.252 e. The summed E-state index contributed by atoms with van der Waals surface area (Å²) in [5.41, 5.74) is 23.5. The number of anilines is 12. The summed E-state index contributed by atoms with van der Waals surface area (Å²) in [6.07, 6.45) is 0. The van der Waals surface area contributed by atoms with Crippen LogP contribution in [0.5, 0.6) is 0 Å². The normalized spacial score (nSPS) is 12.9. The first-order valence-corrected chi connectivity index (χ1v) is 27.3. The second-order valence-corrected chi connectivity index (χ2v) is 23.9. The largest absolute Gasteiger partial charge is 0.311 e. The van der Waals surface area contributed by atoms with Gasteiger partial charge in [-0.1, -0.05) is 196 Å². The molecule has 0 aromatic heterocycles. The summed E-state index contributed by atoms with van der Waals surface area (Å²) in [4.78, 5) is 9.90. The predicted octanol–water partition coefficient (Wildman–Crippen LogP) is 18.3. The van der Waals surface area contributed by atoms with Gasteiger partial charge in [-0.3, -0.25) is 0 Å². The highest BCUT2D eigenvalue weighted by Crippen LogP contribution is 2.50. The van der Waals surface area contributed by atoms with E-state index >= 15 is 0 Å². The van der Waals surface area contributed by atoms with Gasteiger partial charge in [-0.15, -0.1) is 0 Å². The van der Waals surface area contributed by atoms with Crippen molar-refractivity contribution >= 4 is 91.3 Å². The fourth-order valence-electron chi connectivity index (χ4n) is 11.6. The lowest BCUT2D eigenvalue weighted by atomic mass is 9.33. The summed E-state index contributed by atoms with van der Waals surface area (Å²) in [5, 5.41) is 0. The van der Waals surface area contributed by atoms with Crippen molar-refractivity contribution in [2.45, 2.75) is 78.6 Å². The van der Waals surface area contributed by atoms with Crippen LogP contribution in [0.1, 0.15) is 79.0 Å². The summed E-state index contributed by atoms with van der Waals surface area (Å²) < 4.78 is 0. The Bertz CT molecular complexity index is 3660. The van der Waals surface area contributed by atoms with Crippen molar-refractivity contribution in [1.82, 2.24) is 0 Å². The minimum atomic E-state index is -0.0946. The van der Waals surface area contributed by atoms with Crippen LogP contribution in [0.2, 0.25) is 0 Å². The first-order chi connectivity index (χ1) is 37.1. The Balaban J connectivity index is 1.15. The Morgan fingerprint density at radius 3 is 1.12 bits per heavy atom. The van der Waals surface area contributed by atoms with Crippen molar-refractivity contribution < 1.29 is 0 Å². The molecule has 0 radical (unpaired) electrons. The van der Waals surface area contributed by atoms with Crippen molar-refractivity contribution in [3.63, 3.8) is 0 Å². The standard InChI is InChI=1S/C72H67BN4/c1-70(2,3)51-35-33-50(34-36-51)61-47-53(72(7,8)9)39-46-64(61)77-66-32-22-31-65-69(66)73(63-45-43-60(49-68(63)77)75(56-27-18-12-19-28-56)57-29-20-13-21-30-57)62-44-42-59(74(54-23-14-10-15-24-54)55-25-16-11-17-26-55)48-67(62)76(65)58-40-37-52(38-41-58)71(4,5)6/h10-49H,1-9H3. The molecule has 0 saturated heterocycles. The van der Waals surface area contributed by atoms with Gasteiger partial charge in [0.05, 0.1) is 5.69 Å². The van der Waals surface area contributed by atoms with Crippen LogP contribution in [0.3, 0.4) is 0 Å². The predicted molar refractivity (Wildman–Crippen MR) is 331 cm³/mol. The average molecular weight is 999 g/mol. The molecule has 2 aliphatic heterocycles. The van der Waals surface area contributed by atoms with Gasteiger partial charge in [0.1, 0.15) is 0 Å². The molecule has 2 aliphatic rings. The minimum Gasteiger partial charge on any atom is -0.311 e. The third-order valence-electron chi connectivity index (χ3n) is 15.7. The van der Waals surface area contributed by atoms with Crippen LogP contribution in [0, 0.1) is 0 Å². The molecule has 10 aromatic carbocycles. The van der Waals surface area contributed by atoms with Gasteiger partial charge in [0.25, 0.3) is 6.71 Å². The molecule has 5 heteroatoms. The maximum absolute atomic E-state index is 2.59. The van der Waals surface area contributed by atoms with Crippen molar-refractivity contribution in [2.75, 3.05) is 19.6 Å². The number of para-hydroxylation sites is 4. The third-order valence-corrected chi connectivity index (χ3v) is 15.7. The Morgan fingerprint density at radius 2 is 0.688 bits per heavy atom. The summed E-state index contributed by atoms with van der Waals surface area (Å²) in [5.74, 6) is 0. The van der Waals surface area contributed by atoms with E-state index in [2.05, 4.69) is 325 Å². The van der Waals surface area contributed by atoms with Gasteiger partial charge in [-0.25, -0.2) is 0 Å². The zero-order valence-electron chi connectivity index (χ0n) is 46.0. The van der Waals surface area contributed by atoms with Gasteiger partial charge < -0.3 is 19.6 Å². The Hall–Kier alpha value is -8.54. The van der Waals surface area contributed by atoms with E-state index < -0.39 is 0 Å². The van der Waals surface area contributed by atoms with Crippen LogP contribution < -0.4 is 36.0 Å². The Labute approximate surface area is 457 Å². The smallest absolute Gasteiger partial charge is 0.252 e. The zero-order valence-corrected chi connectivity index (χ0v) is 46.0. The zero-order chi connectivity index (χ0) is 53.2. The highest BCUT2D eigenvalue weighted by Gasteiger charge is 2.44. The van der Waals surface area contributed by atoms with Crippen LogP contribution in [0.15, 0.2) is 243 Å². The molecule has 0 saturated carbocycles. The fourth-order valence-corrected chi connectivity index (χ4v) is 11.6. The lowest BCUT2D eigenvalue weighted by Crippen LogP contribution is -2.61. The quantitative estimate of drug-likeness (QED) is 0.134. The van der Waals surface area contributed by atoms with Gasteiger partial charge in [-0.05, 0) is 164 Å². The molecule has 0 aliphatic carbocycles. The van der Waals surface area contributed by atoms with Gasteiger partial charge in [0, 0.05) is 68.1 Å². The molecule has 4 nitrogen and oxygen atoms in total. The molecule has 12 rings (SSSR count). The lowest BCUT2D eigenvalue weighted by molar-refractivity contribution is 0.590. The van der Waals surface area contributed by atoms with Crippen molar-refractivity contribution in [3.8, 4) is 11.1 Å². The summed E-state index contributed by atoms with van der Waals surface area (Å²) in [6, 6.07) is 90.3. The molecule has 0 bridgehead atoms. The summed E-state index contributed by atoms with van der Waals surface area (Å²) >= 11 is 0. The van der Waals surface area contributed by atoms with E-state index in [9.17, 15) is 0 Å². The topological polar surface area (TPSA) is 13.0 Å². The molecule has 77 heavy (non-hydrogen) atoms.